The molecular weight excluding hydrogens is 516 g/mol. The molecule has 4 unspecified atom stereocenters. The second-order valence-electron chi connectivity index (χ2n) is 15.2. The molecule has 7 nitrogen and oxygen atoms in total. The highest BCUT2D eigenvalue weighted by atomic mass is 16.5. The highest BCUT2D eigenvalue weighted by Gasteiger charge is 2.67. The molecule has 230 valence electrons. The molecule has 0 radical (unpaired) electrons. The number of likely N-dealkylation sites (tertiary alicyclic amines) is 1. The Morgan fingerprint density at radius 2 is 1.68 bits per heavy atom. The quantitative estimate of drug-likeness (QED) is 0.255. The van der Waals surface area contributed by atoms with Crippen LogP contribution in [0.1, 0.15) is 85.5 Å². The molecule has 4 aliphatic carbocycles. The van der Waals surface area contributed by atoms with Gasteiger partial charge in [0.1, 0.15) is 12.1 Å². The molecule has 10 atom stereocenters. The normalized spacial score (nSPS) is 45.7. The lowest BCUT2D eigenvalue weighted by Gasteiger charge is -2.62. The number of ether oxygens (including phenoxy) is 3. The fraction of sp³-hybridized carbons (Fsp3) is 0.882. The molecule has 6 rings (SSSR count). The molecule has 0 N–H and O–H groups in total. The topological polar surface area (TPSA) is 65.1 Å². The maximum atomic E-state index is 12.6. The van der Waals surface area contributed by atoms with Crippen LogP contribution >= 0.6 is 0 Å². The van der Waals surface area contributed by atoms with Crippen molar-refractivity contribution in [3.63, 3.8) is 0 Å². The zero-order chi connectivity index (χ0) is 29.0. The number of esters is 2. The lowest BCUT2D eigenvalue weighted by molar-refractivity contribution is -0.937. The summed E-state index contributed by atoms with van der Waals surface area (Å²) in [5, 5.41) is 0. The predicted octanol–water partition coefficient (Wildman–Crippen LogP) is 4.98. The lowest BCUT2D eigenvalue weighted by Crippen LogP contribution is -2.62. The zero-order valence-electron chi connectivity index (χ0n) is 26.2. The monoisotopic (exact) mass is 571 g/mol. The number of hydrogen-bond acceptors (Lipinski definition) is 6. The summed E-state index contributed by atoms with van der Waals surface area (Å²) < 4.78 is 19.2. The van der Waals surface area contributed by atoms with Crippen LogP contribution in [0.4, 0.5) is 0 Å². The van der Waals surface area contributed by atoms with Gasteiger partial charge in [0.2, 0.25) is 0 Å². The van der Waals surface area contributed by atoms with Crippen molar-refractivity contribution in [3.05, 3.63) is 12.7 Å². The molecule has 4 saturated carbocycles. The van der Waals surface area contributed by atoms with E-state index >= 15 is 0 Å². The Balaban J connectivity index is 1.30. The molecule has 0 aromatic heterocycles. The summed E-state index contributed by atoms with van der Waals surface area (Å²) >= 11 is 0. The van der Waals surface area contributed by atoms with E-state index in [1.54, 1.807) is 13.8 Å². The van der Waals surface area contributed by atoms with E-state index in [1.165, 1.54) is 51.6 Å². The average molecular weight is 572 g/mol. The molecule has 0 aromatic rings. The molecule has 2 aliphatic heterocycles. The van der Waals surface area contributed by atoms with Crippen LogP contribution in [0, 0.1) is 34.5 Å². The Bertz CT molecular complexity index is 1010. The van der Waals surface area contributed by atoms with Crippen molar-refractivity contribution in [1.29, 1.82) is 0 Å². The smallest absolute Gasteiger partial charge is 0.303 e. The Labute approximate surface area is 247 Å². The van der Waals surface area contributed by atoms with Gasteiger partial charge in [-0.1, -0.05) is 20.4 Å². The third-order valence-corrected chi connectivity index (χ3v) is 13.4. The number of hydrogen-bond donors (Lipinski definition) is 0. The number of fused-ring (bicyclic) bond motifs is 5. The molecule has 0 aromatic carbocycles. The number of morpholine rings is 1. The van der Waals surface area contributed by atoms with Gasteiger partial charge in [-0.3, -0.25) is 14.5 Å². The van der Waals surface area contributed by atoms with E-state index in [1.807, 2.05) is 0 Å². The van der Waals surface area contributed by atoms with E-state index in [4.69, 9.17) is 14.2 Å². The maximum absolute atomic E-state index is 12.6. The fourth-order valence-corrected chi connectivity index (χ4v) is 11.6. The summed E-state index contributed by atoms with van der Waals surface area (Å²) in [7, 11) is 0. The summed E-state index contributed by atoms with van der Waals surface area (Å²) in [5.74, 6) is 2.25. The van der Waals surface area contributed by atoms with Gasteiger partial charge in [0.15, 0.2) is 6.10 Å². The van der Waals surface area contributed by atoms with E-state index < -0.39 is 0 Å². The minimum atomic E-state index is -0.147. The third kappa shape index (κ3) is 5.00. The molecule has 2 saturated heterocycles. The maximum Gasteiger partial charge on any atom is 0.303 e. The number of quaternary nitrogens is 1. The van der Waals surface area contributed by atoms with Crippen LogP contribution in [0.25, 0.3) is 0 Å². The van der Waals surface area contributed by atoms with Crippen LogP contribution in [0.5, 0.6) is 0 Å². The standard InChI is InChI=1S/C34H55N2O5/c1-6-15-36(16-7-8-17-36)30-21-28-26-10-9-25-20-31(40-23(2)37)29(35-13-18-39-19-14-35)22-34(25,5)27(26)11-12-33(28,4)32(30)41-24(3)38/h6,25-32H,1,7-22H2,2-5H3/q+1/t25?,26?,27?,28?,29-,30-,31-,32-,33-,34-/m0/s1. The number of nitrogens with zero attached hydrogens (tertiary/aromatic N) is 2. The zero-order valence-corrected chi connectivity index (χ0v) is 26.2. The van der Waals surface area contributed by atoms with E-state index in [0.29, 0.717) is 29.7 Å². The minimum Gasteiger partial charge on any atom is -0.461 e. The number of carbonyl (C=O) groups is 2. The van der Waals surface area contributed by atoms with Crippen molar-refractivity contribution in [3.8, 4) is 0 Å². The molecule has 6 aliphatic rings. The average Bonchev–Trinajstić information content (AvgIpc) is 3.52. The lowest BCUT2D eigenvalue weighted by atomic mass is 9.44. The van der Waals surface area contributed by atoms with Gasteiger partial charge in [-0.25, -0.2) is 0 Å². The molecule has 0 spiro atoms. The molecule has 6 fully saturated rings. The Morgan fingerprint density at radius 3 is 2.34 bits per heavy atom. The Hall–Kier alpha value is -1.44. The largest absolute Gasteiger partial charge is 0.461 e. The Morgan fingerprint density at radius 1 is 0.976 bits per heavy atom. The van der Waals surface area contributed by atoms with Crippen LogP contribution in [0.15, 0.2) is 12.7 Å². The van der Waals surface area contributed by atoms with Crippen LogP contribution < -0.4 is 0 Å². The first kappa shape index (κ1) is 29.6. The van der Waals surface area contributed by atoms with Gasteiger partial charge in [0, 0.05) is 57.7 Å². The highest BCUT2D eigenvalue weighted by Crippen LogP contribution is 2.67. The first-order chi connectivity index (χ1) is 19.6. The highest BCUT2D eigenvalue weighted by molar-refractivity contribution is 5.66. The number of rotatable bonds is 6. The Kier molecular flexibility index (Phi) is 8.12. The van der Waals surface area contributed by atoms with E-state index in [-0.39, 0.29) is 41.0 Å². The van der Waals surface area contributed by atoms with Gasteiger partial charge in [-0.15, -0.1) is 0 Å². The summed E-state index contributed by atoms with van der Waals surface area (Å²) in [4.78, 5) is 27.3. The predicted molar refractivity (Wildman–Crippen MR) is 158 cm³/mol. The van der Waals surface area contributed by atoms with Crippen LogP contribution in [-0.2, 0) is 23.8 Å². The van der Waals surface area contributed by atoms with Gasteiger partial charge in [-0.05, 0) is 73.7 Å². The summed E-state index contributed by atoms with van der Waals surface area (Å²) in [6.45, 7) is 19.1. The van der Waals surface area contributed by atoms with Crippen LogP contribution in [-0.4, -0.2) is 91.6 Å². The molecule has 0 amide bonds. The van der Waals surface area contributed by atoms with Gasteiger partial charge in [0.25, 0.3) is 0 Å². The van der Waals surface area contributed by atoms with Crippen molar-refractivity contribution >= 4 is 11.9 Å². The van der Waals surface area contributed by atoms with E-state index in [0.717, 1.165) is 56.6 Å². The van der Waals surface area contributed by atoms with Crippen molar-refractivity contribution in [1.82, 2.24) is 4.90 Å². The van der Waals surface area contributed by atoms with Gasteiger partial charge in [-0.2, -0.15) is 0 Å². The SMILES string of the molecule is C=CC[N+]1([C@H]2CC3C4CCC5C[C@H](OC(C)=O)[C@@H](N6CCOCC6)C[C@]5(C)C4CC[C@]3(C)[C@H]2OC(C)=O)CCCC1. The van der Waals surface area contributed by atoms with E-state index in [9.17, 15) is 9.59 Å². The van der Waals surface area contributed by atoms with Crippen molar-refractivity contribution in [2.75, 3.05) is 45.9 Å². The fourth-order valence-electron chi connectivity index (χ4n) is 11.6. The van der Waals surface area contributed by atoms with Crippen molar-refractivity contribution in [2.45, 2.75) is 110 Å². The van der Waals surface area contributed by atoms with Crippen molar-refractivity contribution in [2.24, 2.45) is 34.5 Å². The third-order valence-electron chi connectivity index (χ3n) is 13.4. The molecule has 0 bridgehead atoms. The van der Waals surface area contributed by atoms with Gasteiger partial charge < -0.3 is 18.7 Å². The molecule has 7 heteroatoms. The summed E-state index contributed by atoms with van der Waals surface area (Å²) in [6, 6.07) is 0.645. The second kappa shape index (κ2) is 11.2. The van der Waals surface area contributed by atoms with Gasteiger partial charge >= 0.3 is 11.9 Å². The summed E-state index contributed by atoms with van der Waals surface area (Å²) in [6.07, 6.45) is 12.7. The minimum absolute atomic E-state index is 0.00432. The molecule has 41 heavy (non-hydrogen) atoms. The summed E-state index contributed by atoms with van der Waals surface area (Å²) in [5.41, 5.74) is 0.272. The molecule has 2 heterocycles. The van der Waals surface area contributed by atoms with Gasteiger partial charge in [0.05, 0.1) is 32.8 Å². The van der Waals surface area contributed by atoms with Crippen LogP contribution in [0.2, 0.25) is 0 Å². The van der Waals surface area contributed by atoms with E-state index in [2.05, 4.69) is 31.4 Å². The van der Waals surface area contributed by atoms with Crippen LogP contribution in [0.3, 0.4) is 0 Å². The second-order valence-corrected chi connectivity index (χ2v) is 15.2. The van der Waals surface area contributed by atoms with Crippen molar-refractivity contribution < 1.29 is 28.3 Å². The number of carbonyl (C=O) groups excluding carboxylic acids is 2. The molecular formula is C34H55N2O5+. The first-order valence-electron chi connectivity index (χ1n) is 16.7. The first-order valence-corrected chi connectivity index (χ1v) is 16.7.